The van der Waals surface area contributed by atoms with Gasteiger partial charge < -0.3 is 10.4 Å². The third-order valence-corrected chi connectivity index (χ3v) is 2.38. The Balaban J connectivity index is 2.55. The molecule has 82 valence electrons. The van der Waals surface area contributed by atoms with Crippen molar-refractivity contribution in [3.05, 3.63) is 0 Å². The molecule has 0 radical (unpaired) electrons. The van der Waals surface area contributed by atoms with Crippen LogP contribution in [0.2, 0.25) is 0 Å². The summed E-state index contributed by atoms with van der Waals surface area (Å²) in [5, 5.41) is 11.3. The highest BCUT2D eigenvalue weighted by molar-refractivity contribution is 5.71. The fourth-order valence-electron chi connectivity index (χ4n) is 1.62. The highest BCUT2D eigenvalue weighted by atomic mass is 19.4. The van der Waals surface area contributed by atoms with E-state index < -0.39 is 18.1 Å². The summed E-state index contributed by atoms with van der Waals surface area (Å²) in [5.74, 6) is -4.02. The highest BCUT2D eigenvalue weighted by Crippen LogP contribution is 2.31. The van der Waals surface area contributed by atoms with Gasteiger partial charge in [-0.2, -0.15) is 13.2 Å². The summed E-state index contributed by atoms with van der Waals surface area (Å²) in [6.07, 6.45) is -3.57. The molecule has 14 heavy (non-hydrogen) atoms. The molecule has 1 rings (SSSR count). The van der Waals surface area contributed by atoms with Gasteiger partial charge in [0.2, 0.25) is 0 Å². The summed E-state index contributed by atoms with van der Waals surface area (Å²) in [6.45, 7) is 0.675. The van der Waals surface area contributed by atoms with E-state index in [0.29, 0.717) is 13.0 Å². The van der Waals surface area contributed by atoms with E-state index in [1.165, 1.54) is 0 Å². The van der Waals surface area contributed by atoms with Crippen molar-refractivity contribution in [2.45, 2.75) is 31.5 Å². The second-order valence-electron chi connectivity index (χ2n) is 3.46. The minimum Gasteiger partial charge on any atom is -0.481 e. The number of nitrogens with one attached hydrogen (secondary N) is 1. The van der Waals surface area contributed by atoms with Gasteiger partial charge in [0, 0.05) is 6.04 Å². The van der Waals surface area contributed by atoms with Crippen molar-refractivity contribution in [2.24, 2.45) is 5.92 Å². The number of carboxylic acid groups (broad SMARTS) is 1. The lowest BCUT2D eigenvalue weighted by Gasteiger charge is -2.19. The molecule has 1 heterocycles. The van der Waals surface area contributed by atoms with Crippen LogP contribution < -0.4 is 5.32 Å². The maximum absolute atomic E-state index is 12.2. The monoisotopic (exact) mass is 211 g/mol. The number of alkyl halides is 3. The molecule has 0 aromatic rings. The van der Waals surface area contributed by atoms with Gasteiger partial charge in [-0.1, -0.05) is 0 Å². The number of aliphatic carboxylic acids is 1. The van der Waals surface area contributed by atoms with Gasteiger partial charge in [0.05, 0.1) is 0 Å². The Morgan fingerprint density at radius 2 is 2.21 bits per heavy atom. The van der Waals surface area contributed by atoms with E-state index in [0.717, 1.165) is 6.42 Å². The molecule has 3 nitrogen and oxygen atoms in total. The highest BCUT2D eigenvalue weighted by Gasteiger charge is 2.46. The van der Waals surface area contributed by atoms with Crippen LogP contribution in [0.4, 0.5) is 13.2 Å². The summed E-state index contributed by atoms with van der Waals surface area (Å²) in [7, 11) is 0. The molecule has 1 aliphatic rings. The van der Waals surface area contributed by atoms with Crippen LogP contribution in [0.1, 0.15) is 19.3 Å². The lowest BCUT2D eigenvalue weighted by molar-refractivity contribution is -0.195. The molecule has 0 aromatic carbocycles. The Bertz CT molecular complexity index is 211. The SMILES string of the molecule is O=C(O)[C@H](C[C@H]1CCCN1)C(F)(F)F. The quantitative estimate of drug-likeness (QED) is 0.741. The molecule has 0 aromatic heterocycles. The lowest BCUT2D eigenvalue weighted by atomic mass is 9.98. The number of halogens is 3. The van der Waals surface area contributed by atoms with Crippen LogP contribution >= 0.6 is 0 Å². The molecular weight excluding hydrogens is 199 g/mol. The molecule has 6 heteroatoms. The van der Waals surface area contributed by atoms with Crippen LogP contribution in [-0.4, -0.2) is 29.8 Å². The zero-order valence-electron chi connectivity index (χ0n) is 7.47. The van der Waals surface area contributed by atoms with Gasteiger partial charge in [0.15, 0.2) is 5.92 Å². The van der Waals surface area contributed by atoms with Crippen LogP contribution in [0.25, 0.3) is 0 Å². The number of carboxylic acids is 1. The molecule has 0 bridgehead atoms. The van der Waals surface area contributed by atoms with Gasteiger partial charge >= 0.3 is 12.1 Å². The lowest BCUT2D eigenvalue weighted by Crippen LogP contribution is -2.36. The van der Waals surface area contributed by atoms with E-state index >= 15 is 0 Å². The Morgan fingerprint density at radius 3 is 2.57 bits per heavy atom. The van der Waals surface area contributed by atoms with Crippen molar-refractivity contribution in [2.75, 3.05) is 6.54 Å². The van der Waals surface area contributed by atoms with Crippen LogP contribution in [0.15, 0.2) is 0 Å². The molecule has 0 spiro atoms. The smallest absolute Gasteiger partial charge is 0.402 e. The Labute approximate surface area is 79.3 Å². The van der Waals surface area contributed by atoms with E-state index in [1.807, 2.05) is 0 Å². The van der Waals surface area contributed by atoms with Crippen molar-refractivity contribution < 1.29 is 23.1 Å². The molecule has 0 aliphatic carbocycles. The molecule has 1 aliphatic heterocycles. The molecule has 0 saturated carbocycles. The Kier molecular flexibility index (Phi) is 3.36. The fourth-order valence-corrected chi connectivity index (χ4v) is 1.62. The topological polar surface area (TPSA) is 49.3 Å². The van der Waals surface area contributed by atoms with Gasteiger partial charge in [0.25, 0.3) is 0 Å². The maximum Gasteiger partial charge on any atom is 0.402 e. The van der Waals surface area contributed by atoms with Crippen molar-refractivity contribution >= 4 is 5.97 Å². The van der Waals surface area contributed by atoms with Gasteiger partial charge in [-0.25, -0.2) is 0 Å². The molecule has 1 saturated heterocycles. The average molecular weight is 211 g/mol. The van der Waals surface area contributed by atoms with Crippen molar-refractivity contribution in [1.82, 2.24) is 5.32 Å². The summed E-state index contributed by atoms with van der Waals surface area (Å²) >= 11 is 0. The third kappa shape index (κ3) is 2.87. The van der Waals surface area contributed by atoms with E-state index in [-0.39, 0.29) is 12.5 Å². The van der Waals surface area contributed by atoms with Crippen LogP contribution in [-0.2, 0) is 4.79 Å². The summed E-state index contributed by atoms with van der Waals surface area (Å²) in [6, 6.07) is -0.308. The van der Waals surface area contributed by atoms with E-state index in [1.54, 1.807) is 0 Å². The van der Waals surface area contributed by atoms with Gasteiger partial charge in [-0.15, -0.1) is 0 Å². The van der Waals surface area contributed by atoms with Crippen LogP contribution in [0, 0.1) is 5.92 Å². The second kappa shape index (κ2) is 4.16. The van der Waals surface area contributed by atoms with Crippen molar-refractivity contribution in [1.29, 1.82) is 0 Å². The van der Waals surface area contributed by atoms with E-state index in [4.69, 9.17) is 5.11 Å². The van der Waals surface area contributed by atoms with Gasteiger partial charge in [-0.3, -0.25) is 4.79 Å². The average Bonchev–Trinajstić information content (AvgIpc) is 2.48. The fraction of sp³-hybridized carbons (Fsp3) is 0.875. The standard InChI is InChI=1S/C8H12F3NO2/c9-8(10,11)6(7(13)14)4-5-2-1-3-12-5/h5-6,12H,1-4H2,(H,13,14)/t5-,6+/m1/s1. The Hall–Kier alpha value is -0.780. The zero-order chi connectivity index (χ0) is 10.8. The molecule has 2 atom stereocenters. The predicted molar refractivity (Wildman–Crippen MR) is 42.8 cm³/mol. The molecule has 2 N–H and O–H groups in total. The minimum atomic E-state index is -4.64. The van der Waals surface area contributed by atoms with Crippen LogP contribution in [0.5, 0.6) is 0 Å². The first kappa shape index (κ1) is 11.3. The summed E-state index contributed by atoms with van der Waals surface area (Å²) < 4.78 is 36.6. The minimum absolute atomic E-state index is 0.308. The van der Waals surface area contributed by atoms with Crippen molar-refractivity contribution in [3.8, 4) is 0 Å². The summed E-state index contributed by atoms with van der Waals surface area (Å²) in [5.41, 5.74) is 0. The van der Waals surface area contributed by atoms with Crippen LogP contribution in [0.3, 0.4) is 0 Å². The first-order valence-corrected chi connectivity index (χ1v) is 4.44. The Morgan fingerprint density at radius 1 is 1.57 bits per heavy atom. The number of hydrogen-bond donors (Lipinski definition) is 2. The number of hydrogen-bond acceptors (Lipinski definition) is 2. The normalized spacial score (nSPS) is 24.9. The van der Waals surface area contributed by atoms with Crippen molar-refractivity contribution in [3.63, 3.8) is 0 Å². The largest absolute Gasteiger partial charge is 0.481 e. The number of rotatable bonds is 3. The molecular formula is C8H12F3NO2. The first-order valence-electron chi connectivity index (χ1n) is 4.44. The summed E-state index contributed by atoms with van der Waals surface area (Å²) in [4.78, 5) is 10.4. The zero-order valence-corrected chi connectivity index (χ0v) is 7.47. The van der Waals surface area contributed by atoms with Gasteiger partial charge in [0.1, 0.15) is 0 Å². The van der Waals surface area contributed by atoms with E-state index in [2.05, 4.69) is 5.32 Å². The first-order chi connectivity index (χ1) is 6.41. The molecule has 1 fully saturated rings. The van der Waals surface area contributed by atoms with Gasteiger partial charge in [-0.05, 0) is 25.8 Å². The molecule has 0 amide bonds. The number of carbonyl (C=O) groups is 1. The second-order valence-corrected chi connectivity index (χ2v) is 3.46. The third-order valence-electron chi connectivity index (χ3n) is 2.38. The predicted octanol–water partition coefficient (Wildman–Crippen LogP) is 1.39. The maximum atomic E-state index is 12.2. The molecule has 0 unspecified atom stereocenters. The van der Waals surface area contributed by atoms with E-state index in [9.17, 15) is 18.0 Å².